The summed E-state index contributed by atoms with van der Waals surface area (Å²) in [7, 11) is 0. The number of hydrogen-bond donors (Lipinski definition) is 1. The van der Waals surface area contributed by atoms with Crippen LogP contribution >= 0.6 is 0 Å². The number of hydrogen-bond acceptors (Lipinski definition) is 2. The zero-order valence-electron chi connectivity index (χ0n) is 12.3. The van der Waals surface area contributed by atoms with Gasteiger partial charge in [0, 0.05) is 30.0 Å². The van der Waals surface area contributed by atoms with E-state index in [9.17, 15) is 0 Å². The van der Waals surface area contributed by atoms with E-state index in [0.717, 1.165) is 12.5 Å². The molecular weight excluding hydrogens is 210 g/mol. The van der Waals surface area contributed by atoms with Gasteiger partial charge in [0.15, 0.2) is 0 Å². The van der Waals surface area contributed by atoms with E-state index < -0.39 is 0 Å². The molecule has 1 aliphatic heterocycles. The van der Waals surface area contributed by atoms with Gasteiger partial charge in [0.2, 0.25) is 0 Å². The van der Waals surface area contributed by atoms with Crippen LogP contribution in [0, 0.1) is 16.7 Å². The number of rotatable bonds is 2. The van der Waals surface area contributed by atoms with Crippen LogP contribution in [0.5, 0.6) is 0 Å². The molecule has 1 heterocycles. The minimum absolute atomic E-state index is 0.296. The zero-order valence-corrected chi connectivity index (χ0v) is 12.3. The standard InChI is InChI=1S/C15H29NO/c1-10(14(2,3)4)16-12-11-8-7-9-17-13(11)15(12,5)6/h10-13,16H,7-9H2,1-6H3. The normalized spacial score (nSPS) is 38.1. The van der Waals surface area contributed by atoms with Crippen LogP contribution < -0.4 is 5.32 Å². The Balaban J connectivity index is 2.01. The molecule has 0 spiro atoms. The predicted molar refractivity (Wildman–Crippen MR) is 72.1 cm³/mol. The third kappa shape index (κ3) is 2.26. The van der Waals surface area contributed by atoms with Crippen molar-refractivity contribution in [2.45, 2.75) is 72.6 Å². The predicted octanol–water partition coefficient (Wildman–Crippen LogP) is 3.21. The Morgan fingerprint density at radius 2 is 1.94 bits per heavy atom. The van der Waals surface area contributed by atoms with Gasteiger partial charge in [-0.1, -0.05) is 34.6 Å². The second kappa shape index (κ2) is 4.24. The van der Waals surface area contributed by atoms with Crippen molar-refractivity contribution in [3.8, 4) is 0 Å². The lowest BCUT2D eigenvalue weighted by atomic mass is 9.55. The Morgan fingerprint density at radius 3 is 2.53 bits per heavy atom. The molecule has 17 heavy (non-hydrogen) atoms. The van der Waals surface area contributed by atoms with Crippen LogP contribution in [-0.2, 0) is 4.74 Å². The van der Waals surface area contributed by atoms with Gasteiger partial charge >= 0.3 is 0 Å². The summed E-state index contributed by atoms with van der Waals surface area (Å²) < 4.78 is 5.95. The summed E-state index contributed by atoms with van der Waals surface area (Å²) in [6, 6.07) is 1.18. The molecule has 0 bridgehead atoms. The summed E-state index contributed by atoms with van der Waals surface area (Å²) in [5.74, 6) is 0.739. The lowest BCUT2D eigenvalue weighted by Crippen LogP contribution is -2.71. The maximum Gasteiger partial charge on any atom is 0.0684 e. The zero-order chi connectivity index (χ0) is 12.8. The average Bonchev–Trinajstić information content (AvgIpc) is 2.24. The SMILES string of the molecule is CC(NC1C2CCCOC2C1(C)C)C(C)(C)C. The molecule has 2 rings (SSSR count). The largest absolute Gasteiger partial charge is 0.377 e. The third-order valence-corrected chi connectivity index (χ3v) is 5.06. The summed E-state index contributed by atoms with van der Waals surface area (Å²) in [6.07, 6.45) is 3.06. The maximum atomic E-state index is 5.95. The van der Waals surface area contributed by atoms with E-state index in [2.05, 4.69) is 46.9 Å². The van der Waals surface area contributed by atoms with Gasteiger partial charge in [-0.25, -0.2) is 0 Å². The molecule has 1 saturated heterocycles. The van der Waals surface area contributed by atoms with E-state index in [4.69, 9.17) is 4.74 Å². The Labute approximate surface area is 107 Å². The average molecular weight is 239 g/mol. The summed E-state index contributed by atoms with van der Waals surface area (Å²) in [5.41, 5.74) is 0.626. The van der Waals surface area contributed by atoms with Gasteiger partial charge in [0.1, 0.15) is 0 Å². The van der Waals surface area contributed by atoms with E-state index in [0.29, 0.717) is 29.0 Å². The molecule has 0 radical (unpaired) electrons. The van der Waals surface area contributed by atoms with Gasteiger partial charge in [-0.2, -0.15) is 0 Å². The van der Waals surface area contributed by atoms with Crippen LogP contribution in [0.1, 0.15) is 54.4 Å². The molecule has 0 amide bonds. The second-order valence-electron chi connectivity index (χ2n) is 7.65. The highest BCUT2D eigenvalue weighted by Crippen LogP contribution is 2.51. The van der Waals surface area contributed by atoms with Crippen LogP contribution in [0.4, 0.5) is 0 Å². The molecule has 1 saturated carbocycles. The molecule has 0 aromatic carbocycles. The summed E-state index contributed by atoms with van der Waals surface area (Å²) in [6.45, 7) is 14.9. The highest BCUT2D eigenvalue weighted by molar-refractivity contribution is 5.11. The Kier molecular flexibility index (Phi) is 3.33. The summed E-state index contributed by atoms with van der Waals surface area (Å²) in [5, 5.41) is 3.87. The highest BCUT2D eigenvalue weighted by Gasteiger charge is 2.58. The quantitative estimate of drug-likeness (QED) is 0.799. The molecule has 1 aliphatic carbocycles. The van der Waals surface area contributed by atoms with Gasteiger partial charge in [-0.15, -0.1) is 0 Å². The first-order chi connectivity index (χ1) is 7.74. The summed E-state index contributed by atoms with van der Waals surface area (Å²) in [4.78, 5) is 0. The molecule has 0 aromatic rings. The van der Waals surface area contributed by atoms with Crippen LogP contribution in [0.25, 0.3) is 0 Å². The van der Waals surface area contributed by atoms with Crippen LogP contribution in [0.3, 0.4) is 0 Å². The smallest absolute Gasteiger partial charge is 0.0684 e. The fourth-order valence-electron chi connectivity index (χ4n) is 3.38. The molecule has 2 nitrogen and oxygen atoms in total. The van der Waals surface area contributed by atoms with E-state index >= 15 is 0 Å². The van der Waals surface area contributed by atoms with Crippen molar-refractivity contribution < 1.29 is 4.74 Å². The maximum absolute atomic E-state index is 5.95. The fourth-order valence-corrected chi connectivity index (χ4v) is 3.38. The lowest BCUT2D eigenvalue weighted by Gasteiger charge is -2.61. The number of ether oxygens (including phenoxy) is 1. The van der Waals surface area contributed by atoms with Gasteiger partial charge in [-0.3, -0.25) is 0 Å². The molecule has 2 heteroatoms. The van der Waals surface area contributed by atoms with Crippen LogP contribution in [-0.4, -0.2) is 24.8 Å². The minimum atomic E-state index is 0.296. The third-order valence-electron chi connectivity index (χ3n) is 5.06. The molecule has 100 valence electrons. The first-order valence-corrected chi connectivity index (χ1v) is 7.12. The summed E-state index contributed by atoms with van der Waals surface area (Å²) >= 11 is 0. The Hall–Kier alpha value is -0.0800. The van der Waals surface area contributed by atoms with E-state index in [1.165, 1.54) is 12.8 Å². The highest BCUT2D eigenvalue weighted by atomic mass is 16.5. The Bertz CT molecular complexity index is 279. The van der Waals surface area contributed by atoms with Gasteiger partial charge in [-0.05, 0) is 25.2 Å². The first-order valence-electron chi connectivity index (χ1n) is 7.12. The van der Waals surface area contributed by atoms with Crippen molar-refractivity contribution in [3.63, 3.8) is 0 Å². The molecule has 4 unspecified atom stereocenters. The fraction of sp³-hybridized carbons (Fsp3) is 1.00. The number of fused-ring (bicyclic) bond motifs is 1. The molecule has 4 atom stereocenters. The molecular formula is C15H29NO. The topological polar surface area (TPSA) is 21.3 Å². The van der Waals surface area contributed by atoms with E-state index in [-0.39, 0.29) is 0 Å². The van der Waals surface area contributed by atoms with Gasteiger partial charge in [0.05, 0.1) is 6.10 Å². The van der Waals surface area contributed by atoms with Crippen LogP contribution in [0.2, 0.25) is 0 Å². The van der Waals surface area contributed by atoms with Crippen molar-refractivity contribution in [3.05, 3.63) is 0 Å². The van der Waals surface area contributed by atoms with Crippen molar-refractivity contribution in [2.75, 3.05) is 6.61 Å². The monoisotopic (exact) mass is 239 g/mol. The van der Waals surface area contributed by atoms with Gasteiger partial charge < -0.3 is 10.1 Å². The lowest BCUT2D eigenvalue weighted by molar-refractivity contribution is -0.195. The van der Waals surface area contributed by atoms with Crippen molar-refractivity contribution in [1.29, 1.82) is 0 Å². The molecule has 0 aromatic heterocycles. The molecule has 2 fully saturated rings. The van der Waals surface area contributed by atoms with E-state index in [1.807, 2.05) is 0 Å². The first kappa shape index (κ1) is 13.4. The Morgan fingerprint density at radius 1 is 1.29 bits per heavy atom. The van der Waals surface area contributed by atoms with Gasteiger partial charge in [0.25, 0.3) is 0 Å². The van der Waals surface area contributed by atoms with Crippen molar-refractivity contribution in [2.24, 2.45) is 16.7 Å². The minimum Gasteiger partial charge on any atom is -0.377 e. The van der Waals surface area contributed by atoms with E-state index in [1.54, 1.807) is 0 Å². The molecule has 2 aliphatic rings. The molecule has 1 N–H and O–H groups in total. The van der Waals surface area contributed by atoms with Crippen molar-refractivity contribution >= 4 is 0 Å². The van der Waals surface area contributed by atoms with Crippen LogP contribution in [0.15, 0.2) is 0 Å². The number of nitrogens with one attached hydrogen (secondary N) is 1. The van der Waals surface area contributed by atoms with Crippen molar-refractivity contribution in [1.82, 2.24) is 5.32 Å². The second-order valence-corrected chi connectivity index (χ2v) is 7.65.